The van der Waals surface area contributed by atoms with E-state index < -0.39 is 0 Å². The van der Waals surface area contributed by atoms with Gasteiger partial charge in [0.15, 0.2) is 0 Å². The highest BCUT2D eigenvalue weighted by Gasteiger charge is 2.22. The average Bonchev–Trinajstić information content (AvgIpc) is 3.24. The van der Waals surface area contributed by atoms with Crippen molar-refractivity contribution in [1.82, 2.24) is 20.0 Å². The summed E-state index contributed by atoms with van der Waals surface area (Å²) >= 11 is 0. The zero-order valence-electron chi connectivity index (χ0n) is 14.3. The molecule has 132 valence electrons. The normalized spacial score (nSPS) is 16.7. The highest BCUT2D eigenvalue weighted by Crippen LogP contribution is 2.15. The number of hydrogen-bond donors (Lipinski definition) is 2. The molecule has 0 unspecified atom stereocenters. The van der Waals surface area contributed by atoms with Crippen LogP contribution >= 0.6 is 0 Å². The van der Waals surface area contributed by atoms with E-state index in [4.69, 9.17) is 0 Å². The summed E-state index contributed by atoms with van der Waals surface area (Å²) in [7, 11) is 0. The zero-order chi connectivity index (χ0) is 17.6. The summed E-state index contributed by atoms with van der Waals surface area (Å²) in [6, 6.07) is 9.23. The van der Waals surface area contributed by atoms with Gasteiger partial charge in [0.1, 0.15) is 6.54 Å². The summed E-state index contributed by atoms with van der Waals surface area (Å²) in [6.45, 7) is 4.39. The lowest BCUT2D eigenvalue weighted by molar-refractivity contribution is -0.116. The van der Waals surface area contributed by atoms with Crippen LogP contribution in [0.25, 0.3) is 0 Å². The Labute approximate surface area is 147 Å². The Kier molecular flexibility index (Phi) is 5.33. The summed E-state index contributed by atoms with van der Waals surface area (Å²) in [5.41, 5.74) is 1.65. The van der Waals surface area contributed by atoms with E-state index in [0.29, 0.717) is 18.2 Å². The van der Waals surface area contributed by atoms with Crippen molar-refractivity contribution in [3.05, 3.63) is 48.3 Å². The minimum atomic E-state index is -0.143. The number of rotatable bonds is 5. The van der Waals surface area contributed by atoms with E-state index in [1.165, 1.54) is 0 Å². The van der Waals surface area contributed by atoms with Crippen LogP contribution in [0.5, 0.6) is 0 Å². The standard InChI is InChI=1S/C18H23N5O2/c1-14-6-9-22(12-14)18(25)19-11-15-4-2-5-16(10-15)21-17(24)13-23-8-3-7-20-23/h2-5,7-8,10,14H,6,9,11-13H2,1H3,(H,19,25)(H,21,24)/t14-/m1/s1. The first-order valence-electron chi connectivity index (χ1n) is 8.49. The quantitative estimate of drug-likeness (QED) is 0.874. The van der Waals surface area contributed by atoms with Gasteiger partial charge in [-0.3, -0.25) is 9.48 Å². The predicted molar refractivity (Wildman–Crippen MR) is 94.9 cm³/mol. The van der Waals surface area contributed by atoms with E-state index in [2.05, 4.69) is 22.7 Å². The predicted octanol–water partition coefficient (Wildman–Crippen LogP) is 2.07. The Morgan fingerprint density at radius 3 is 2.92 bits per heavy atom. The minimum Gasteiger partial charge on any atom is -0.334 e. The molecule has 1 aromatic carbocycles. The highest BCUT2D eigenvalue weighted by atomic mass is 16.2. The Morgan fingerprint density at radius 1 is 1.32 bits per heavy atom. The highest BCUT2D eigenvalue weighted by molar-refractivity contribution is 5.90. The summed E-state index contributed by atoms with van der Waals surface area (Å²) in [6.07, 6.45) is 4.44. The molecule has 1 atom stereocenters. The average molecular weight is 341 g/mol. The maximum absolute atomic E-state index is 12.1. The zero-order valence-corrected chi connectivity index (χ0v) is 14.3. The molecule has 2 aromatic rings. The van der Waals surface area contributed by atoms with Gasteiger partial charge in [0.25, 0.3) is 0 Å². The van der Waals surface area contributed by atoms with Crippen LogP contribution in [0.1, 0.15) is 18.9 Å². The number of aromatic nitrogens is 2. The van der Waals surface area contributed by atoms with Crippen molar-refractivity contribution in [2.45, 2.75) is 26.4 Å². The molecule has 1 fully saturated rings. The number of nitrogens with one attached hydrogen (secondary N) is 2. The van der Waals surface area contributed by atoms with Crippen molar-refractivity contribution in [3.8, 4) is 0 Å². The third-order valence-corrected chi connectivity index (χ3v) is 4.23. The van der Waals surface area contributed by atoms with Crippen LogP contribution in [0.3, 0.4) is 0 Å². The number of hydrogen-bond acceptors (Lipinski definition) is 3. The third kappa shape index (κ3) is 4.82. The molecular formula is C18H23N5O2. The molecule has 25 heavy (non-hydrogen) atoms. The number of urea groups is 1. The molecule has 1 aliphatic heterocycles. The molecular weight excluding hydrogens is 318 g/mol. The van der Waals surface area contributed by atoms with Crippen molar-refractivity contribution in [2.75, 3.05) is 18.4 Å². The van der Waals surface area contributed by atoms with Crippen molar-refractivity contribution in [1.29, 1.82) is 0 Å². The number of nitrogens with zero attached hydrogens (tertiary/aromatic N) is 3. The molecule has 0 saturated carbocycles. The molecule has 0 spiro atoms. The lowest BCUT2D eigenvalue weighted by Crippen LogP contribution is -2.37. The van der Waals surface area contributed by atoms with Gasteiger partial charge >= 0.3 is 6.03 Å². The monoisotopic (exact) mass is 341 g/mol. The summed E-state index contributed by atoms with van der Waals surface area (Å²) in [5, 5.41) is 9.80. The molecule has 1 aliphatic rings. The van der Waals surface area contributed by atoms with Gasteiger partial charge in [-0.1, -0.05) is 19.1 Å². The fourth-order valence-electron chi connectivity index (χ4n) is 2.91. The molecule has 3 rings (SSSR count). The molecule has 1 saturated heterocycles. The molecule has 7 nitrogen and oxygen atoms in total. The summed E-state index contributed by atoms with van der Waals surface area (Å²) in [4.78, 5) is 26.0. The number of benzene rings is 1. The fraction of sp³-hybridized carbons (Fsp3) is 0.389. The van der Waals surface area contributed by atoms with Crippen LogP contribution in [0.4, 0.5) is 10.5 Å². The first-order valence-corrected chi connectivity index (χ1v) is 8.49. The second-order valence-corrected chi connectivity index (χ2v) is 6.45. The van der Waals surface area contributed by atoms with E-state index in [1.807, 2.05) is 29.2 Å². The number of carbonyl (C=O) groups is 2. The van der Waals surface area contributed by atoms with Crippen LogP contribution in [0.15, 0.2) is 42.7 Å². The second kappa shape index (κ2) is 7.83. The van der Waals surface area contributed by atoms with Crippen LogP contribution in [0, 0.1) is 5.92 Å². The van der Waals surface area contributed by atoms with Crippen LogP contribution < -0.4 is 10.6 Å². The lowest BCUT2D eigenvalue weighted by Gasteiger charge is -2.17. The first kappa shape index (κ1) is 17.0. The lowest BCUT2D eigenvalue weighted by atomic mass is 10.2. The van der Waals surface area contributed by atoms with Crippen molar-refractivity contribution < 1.29 is 9.59 Å². The van der Waals surface area contributed by atoms with Crippen molar-refractivity contribution in [2.24, 2.45) is 5.92 Å². The SMILES string of the molecule is C[C@@H]1CCN(C(=O)NCc2cccc(NC(=O)Cn3cccn3)c2)C1. The number of anilines is 1. The Hall–Kier alpha value is -2.83. The van der Waals surface area contributed by atoms with E-state index in [-0.39, 0.29) is 18.5 Å². The van der Waals surface area contributed by atoms with Crippen molar-refractivity contribution >= 4 is 17.6 Å². The van der Waals surface area contributed by atoms with E-state index in [0.717, 1.165) is 25.1 Å². The summed E-state index contributed by atoms with van der Waals surface area (Å²) < 4.78 is 1.57. The smallest absolute Gasteiger partial charge is 0.317 e. The Bertz CT molecular complexity index is 729. The second-order valence-electron chi connectivity index (χ2n) is 6.45. The Morgan fingerprint density at radius 2 is 2.20 bits per heavy atom. The Balaban J connectivity index is 1.50. The topological polar surface area (TPSA) is 79.3 Å². The van der Waals surface area contributed by atoms with Crippen LogP contribution in [-0.4, -0.2) is 39.7 Å². The van der Waals surface area contributed by atoms with Gasteiger partial charge in [-0.2, -0.15) is 5.10 Å². The fourth-order valence-corrected chi connectivity index (χ4v) is 2.91. The molecule has 0 aliphatic carbocycles. The van der Waals surface area contributed by atoms with Crippen LogP contribution in [0.2, 0.25) is 0 Å². The molecule has 3 amide bonds. The van der Waals surface area contributed by atoms with E-state index in [1.54, 1.807) is 23.1 Å². The van der Waals surface area contributed by atoms with Crippen molar-refractivity contribution in [3.63, 3.8) is 0 Å². The molecule has 1 aromatic heterocycles. The number of carbonyl (C=O) groups excluding carboxylic acids is 2. The van der Waals surface area contributed by atoms with Crippen LogP contribution in [-0.2, 0) is 17.9 Å². The van der Waals surface area contributed by atoms with Gasteiger partial charge in [-0.05, 0) is 36.1 Å². The van der Waals surface area contributed by atoms with Gasteiger partial charge in [-0.25, -0.2) is 4.79 Å². The number of amides is 3. The van der Waals surface area contributed by atoms with Gasteiger partial charge in [-0.15, -0.1) is 0 Å². The first-order chi connectivity index (χ1) is 12.1. The van der Waals surface area contributed by atoms with Gasteiger partial charge < -0.3 is 15.5 Å². The molecule has 0 bridgehead atoms. The molecule has 0 radical (unpaired) electrons. The third-order valence-electron chi connectivity index (χ3n) is 4.23. The van der Waals surface area contributed by atoms with Gasteiger partial charge in [0.2, 0.25) is 5.91 Å². The number of likely N-dealkylation sites (tertiary alicyclic amines) is 1. The molecule has 2 N–H and O–H groups in total. The minimum absolute atomic E-state index is 0.0301. The van der Waals surface area contributed by atoms with Gasteiger partial charge in [0, 0.05) is 37.7 Å². The maximum Gasteiger partial charge on any atom is 0.317 e. The maximum atomic E-state index is 12.1. The molecule has 2 heterocycles. The van der Waals surface area contributed by atoms with E-state index >= 15 is 0 Å². The van der Waals surface area contributed by atoms with Gasteiger partial charge in [0.05, 0.1) is 0 Å². The molecule has 7 heteroatoms. The summed E-state index contributed by atoms with van der Waals surface area (Å²) in [5.74, 6) is 0.426. The van der Waals surface area contributed by atoms with E-state index in [9.17, 15) is 9.59 Å². The largest absolute Gasteiger partial charge is 0.334 e.